The fraction of sp³-hybridized carbons (Fsp3) is 0.600. The molecule has 0 saturated carbocycles. The average Bonchev–Trinajstić information content (AvgIpc) is 2.93. The van der Waals surface area contributed by atoms with E-state index in [9.17, 15) is 0 Å². The van der Waals surface area contributed by atoms with Crippen LogP contribution in [0.3, 0.4) is 0 Å². The van der Waals surface area contributed by atoms with E-state index in [1.807, 2.05) is 0 Å². The maximum absolute atomic E-state index is 4.56. The zero-order valence-electron chi connectivity index (χ0n) is 16.5. The van der Waals surface area contributed by atoms with Crippen molar-refractivity contribution in [1.29, 1.82) is 0 Å². The van der Waals surface area contributed by atoms with Gasteiger partial charge in [-0.3, -0.25) is 4.90 Å². The predicted octanol–water partition coefficient (Wildman–Crippen LogP) is 5.00. The molecule has 1 heterocycles. The summed E-state index contributed by atoms with van der Waals surface area (Å²) in [6.07, 6.45) is 3.38. The van der Waals surface area contributed by atoms with Crippen LogP contribution < -0.4 is 0 Å². The lowest BCUT2D eigenvalue weighted by Gasteiger charge is -2.23. The Morgan fingerprint density at radius 1 is 1.08 bits per heavy atom. The molecule has 0 radical (unpaired) electrons. The average molecular weight is 361 g/mol. The van der Waals surface area contributed by atoms with Crippen molar-refractivity contribution < 1.29 is 0 Å². The van der Waals surface area contributed by atoms with Gasteiger partial charge in [0.15, 0.2) is 11.0 Å². The molecule has 1 atom stereocenters. The van der Waals surface area contributed by atoms with Crippen molar-refractivity contribution in [3.63, 3.8) is 0 Å². The summed E-state index contributed by atoms with van der Waals surface area (Å²) >= 11 is 1.80. The Labute approximate surface area is 157 Å². The van der Waals surface area contributed by atoms with Crippen molar-refractivity contribution in [2.75, 3.05) is 14.1 Å². The number of aromatic nitrogens is 3. The van der Waals surface area contributed by atoms with Gasteiger partial charge in [0.1, 0.15) is 0 Å². The molecule has 0 bridgehead atoms. The largest absolute Gasteiger partial charge is 0.305 e. The van der Waals surface area contributed by atoms with Crippen LogP contribution in [0, 0.1) is 13.8 Å². The molecule has 0 aliphatic carbocycles. The van der Waals surface area contributed by atoms with E-state index in [1.54, 1.807) is 11.8 Å². The Morgan fingerprint density at radius 3 is 2.32 bits per heavy atom. The summed E-state index contributed by atoms with van der Waals surface area (Å²) < 4.78 is 2.34. The van der Waals surface area contributed by atoms with Crippen molar-refractivity contribution in [3.05, 3.63) is 40.7 Å². The molecule has 2 rings (SSSR count). The normalized spacial score (nSPS) is 12.8. The topological polar surface area (TPSA) is 34.0 Å². The fourth-order valence-electron chi connectivity index (χ4n) is 3.26. The summed E-state index contributed by atoms with van der Waals surface area (Å²) in [5.41, 5.74) is 4.00. The Morgan fingerprint density at radius 2 is 1.76 bits per heavy atom. The summed E-state index contributed by atoms with van der Waals surface area (Å²) in [7, 11) is 4.24. The van der Waals surface area contributed by atoms with E-state index >= 15 is 0 Å². The molecule has 0 fully saturated rings. The summed E-state index contributed by atoms with van der Waals surface area (Å²) in [6, 6.07) is 7.07. The summed E-state index contributed by atoms with van der Waals surface area (Å²) in [5, 5.41) is 10.1. The van der Waals surface area contributed by atoms with Gasteiger partial charge in [-0.05, 0) is 46.3 Å². The number of unbranched alkanes of at least 4 members (excludes halogenated alkanes) is 1. The third-order valence-corrected chi connectivity index (χ3v) is 5.48. The molecule has 1 aromatic heterocycles. The Kier molecular flexibility index (Phi) is 7.51. The van der Waals surface area contributed by atoms with E-state index < -0.39 is 0 Å². The maximum Gasteiger partial charge on any atom is 0.191 e. The fourth-order valence-corrected chi connectivity index (χ4v) is 4.16. The second-order valence-electron chi connectivity index (χ2n) is 7.02. The van der Waals surface area contributed by atoms with E-state index in [-0.39, 0.29) is 0 Å². The number of hydrogen-bond acceptors (Lipinski definition) is 4. The van der Waals surface area contributed by atoms with Crippen LogP contribution >= 0.6 is 11.8 Å². The molecule has 1 unspecified atom stereocenters. The van der Waals surface area contributed by atoms with Gasteiger partial charge >= 0.3 is 0 Å². The van der Waals surface area contributed by atoms with E-state index in [4.69, 9.17) is 0 Å². The molecule has 0 amide bonds. The molecule has 0 N–H and O–H groups in total. The van der Waals surface area contributed by atoms with Gasteiger partial charge in [0.25, 0.3) is 0 Å². The number of hydrogen-bond donors (Lipinski definition) is 0. The first-order chi connectivity index (χ1) is 12.0. The van der Waals surface area contributed by atoms with E-state index in [0.29, 0.717) is 6.04 Å². The highest BCUT2D eigenvalue weighted by atomic mass is 32.2. The van der Waals surface area contributed by atoms with Crippen molar-refractivity contribution >= 4 is 11.8 Å². The molecule has 0 saturated heterocycles. The Balaban J connectivity index is 2.22. The molecule has 25 heavy (non-hydrogen) atoms. The zero-order valence-corrected chi connectivity index (χ0v) is 17.4. The van der Waals surface area contributed by atoms with Crippen molar-refractivity contribution in [2.45, 2.75) is 70.5 Å². The monoisotopic (exact) mass is 360 g/mol. The number of aryl methyl sites for hydroxylation is 2. The number of nitrogens with zero attached hydrogens (tertiary/aromatic N) is 4. The number of thioether (sulfide) groups is 1. The van der Waals surface area contributed by atoms with Crippen molar-refractivity contribution in [3.8, 4) is 0 Å². The van der Waals surface area contributed by atoms with Gasteiger partial charge in [0.2, 0.25) is 0 Å². The molecule has 138 valence electrons. The molecule has 4 nitrogen and oxygen atoms in total. The molecule has 5 heteroatoms. The lowest BCUT2D eigenvalue weighted by molar-refractivity contribution is 0.270. The van der Waals surface area contributed by atoms with Gasteiger partial charge in [-0.1, -0.05) is 61.4 Å². The van der Waals surface area contributed by atoms with Gasteiger partial charge in [-0.25, -0.2) is 0 Å². The van der Waals surface area contributed by atoms with Gasteiger partial charge in [-0.2, -0.15) is 0 Å². The zero-order chi connectivity index (χ0) is 18.4. The van der Waals surface area contributed by atoms with Crippen LogP contribution in [0.2, 0.25) is 0 Å². The lowest BCUT2D eigenvalue weighted by Crippen LogP contribution is -2.23. The minimum absolute atomic E-state index is 0.319. The molecule has 0 aliphatic rings. The second-order valence-corrected chi connectivity index (χ2v) is 7.96. The van der Waals surface area contributed by atoms with Gasteiger partial charge in [0.05, 0.1) is 6.04 Å². The summed E-state index contributed by atoms with van der Waals surface area (Å²) in [5.74, 6) is 2.04. The summed E-state index contributed by atoms with van der Waals surface area (Å²) in [4.78, 5) is 2.24. The first-order valence-corrected chi connectivity index (χ1v) is 10.2. The van der Waals surface area contributed by atoms with Crippen LogP contribution in [0.15, 0.2) is 23.4 Å². The number of rotatable bonds is 9. The Bertz CT molecular complexity index is 658. The SMILES string of the molecule is CCCCn1c(SCc2cc(C)cc(C)c2)nnc1C(CC)N(C)C. The van der Waals surface area contributed by atoms with Gasteiger partial charge < -0.3 is 4.57 Å². The van der Waals surface area contributed by atoms with Crippen LogP contribution in [-0.2, 0) is 12.3 Å². The van der Waals surface area contributed by atoms with Gasteiger partial charge in [-0.15, -0.1) is 10.2 Å². The van der Waals surface area contributed by atoms with Crippen LogP contribution in [0.5, 0.6) is 0 Å². The van der Waals surface area contributed by atoms with Crippen LogP contribution in [0.25, 0.3) is 0 Å². The minimum Gasteiger partial charge on any atom is -0.305 e. The smallest absolute Gasteiger partial charge is 0.191 e. The molecular formula is C20H32N4S. The van der Waals surface area contributed by atoms with Crippen LogP contribution in [0.4, 0.5) is 0 Å². The van der Waals surface area contributed by atoms with E-state index in [0.717, 1.165) is 36.1 Å². The minimum atomic E-state index is 0.319. The highest BCUT2D eigenvalue weighted by Gasteiger charge is 2.21. The van der Waals surface area contributed by atoms with Crippen LogP contribution in [0.1, 0.15) is 61.7 Å². The maximum atomic E-state index is 4.56. The molecular weight excluding hydrogens is 328 g/mol. The van der Waals surface area contributed by atoms with Crippen LogP contribution in [-0.4, -0.2) is 33.8 Å². The lowest BCUT2D eigenvalue weighted by atomic mass is 10.1. The highest BCUT2D eigenvalue weighted by Crippen LogP contribution is 2.28. The predicted molar refractivity (Wildman–Crippen MR) is 107 cm³/mol. The first-order valence-electron chi connectivity index (χ1n) is 9.25. The molecule has 0 spiro atoms. The third kappa shape index (κ3) is 5.32. The van der Waals surface area contributed by atoms with Gasteiger partial charge in [0, 0.05) is 12.3 Å². The molecule has 2 aromatic rings. The number of benzene rings is 1. The third-order valence-electron chi connectivity index (χ3n) is 4.44. The standard InChI is InChI=1S/C20H32N4S/c1-7-9-10-24-19(18(8-2)23(5)6)21-22-20(24)25-14-17-12-15(3)11-16(4)13-17/h11-13,18H,7-10,14H2,1-6H3. The highest BCUT2D eigenvalue weighted by molar-refractivity contribution is 7.98. The second kappa shape index (κ2) is 9.39. The molecule has 1 aromatic carbocycles. The Hall–Kier alpha value is -1.33. The first kappa shape index (κ1) is 20.0. The van der Waals surface area contributed by atoms with Crippen molar-refractivity contribution in [1.82, 2.24) is 19.7 Å². The molecule has 0 aliphatic heterocycles. The summed E-state index contributed by atoms with van der Waals surface area (Å²) in [6.45, 7) is 9.76. The van der Waals surface area contributed by atoms with E-state index in [2.05, 4.69) is 79.7 Å². The quantitative estimate of drug-likeness (QED) is 0.589. The van der Waals surface area contributed by atoms with Crippen molar-refractivity contribution in [2.24, 2.45) is 0 Å². The van der Waals surface area contributed by atoms with E-state index in [1.165, 1.54) is 23.1 Å².